The van der Waals surface area contributed by atoms with Crippen LogP contribution in [-0.4, -0.2) is 17.8 Å². The monoisotopic (exact) mass is 240 g/mol. The number of halogens is 1. The lowest BCUT2D eigenvalue weighted by atomic mass is 10.1. The fourth-order valence-corrected chi connectivity index (χ4v) is 1.61. The molecule has 1 rings (SSSR count). The van der Waals surface area contributed by atoms with Gasteiger partial charge in [-0.1, -0.05) is 32.6 Å². The Labute approximate surface area is 102 Å². The van der Waals surface area contributed by atoms with Gasteiger partial charge in [-0.15, -0.1) is 0 Å². The highest BCUT2D eigenvalue weighted by Crippen LogP contribution is 2.12. The minimum atomic E-state index is -0.433. The van der Waals surface area contributed by atoms with Gasteiger partial charge in [0.1, 0.15) is 18.2 Å². The summed E-state index contributed by atoms with van der Waals surface area (Å²) in [5.41, 5.74) is 0. The third-order valence-electron chi connectivity index (χ3n) is 2.65. The van der Waals surface area contributed by atoms with Crippen molar-refractivity contribution in [3.63, 3.8) is 0 Å². The van der Waals surface area contributed by atoms with Crippen molar-refractivity contribution in [2.45, 2.75) is 45.1 Å². The molecule has 2 nitrogen and oxygen atoms in total. The van der Waals surface area contributed by atoms with E-state index in [4.69, 9.17) is 4.74 Å². The van der Waals surface area contributed by atoms with Crippen LogP contribution in [0.15, 0.2) is 24.3 Å². The number of ether oxygens (including phenoxy) is 1. The minimum absolute atomic E-state index is 0.276. The van der Waals surface area contributed by atoms with Crippen LogP contribution < -0.4 is 4.74 Å². The largest absolute Gasteiger partial charge is 0.491 e. The molecule has 0 bridgehead atoms. The maximum atomic E-state index is 12.6. The molecule has 0 radical (unpaired) electrons. The first-order chi connectivity index (χ1) is 8.22. The maximum Gasteiger partial charge on any atom is 0.123 e. The predicted octanol–water partition coefficient (Wildman–Crippen LogP) is 3.54. The van der Waals surface area contributed by atoms with E-state index in [1.807, 2.05) is 0 Å². The Bertz CT molecular complexity index is 298. The van der Waals surface area contributed by atoms with Gasteiger partial charge in [-0.25, -0.2) is 4.39 Å². The van der Waals surface area contributed by atoms with Crippen LogP contribution >= 0.6 is 0 Å². The summed E-state index contributed by atoms with van der Waals surface area (Å²) in [4.78, 5) is 0. The van der Waals surface area contributed by atoms with Crippen LogP contribution in [0.5, 0.6) is 5.75 Å². The Balaban J connectivity index is 2.14. The average molecular weight is 240 g/mol. The van der Waals surface area contributed by atoms with Gasteiger partial charge >= 0.3 is 0 Å². The molecule has 0 aliphatic heterocycles. The molecule has 3 heteroatoms. The zero-order valence-corrected chi connectivity index (χ0v) is 10.4. The van der Waals surface area contributed by atoms with Crippen molar-refractivity contribution in [2.75, 3.05) is 6.61 Å². The molecule has 0 spiro atoms. The third kappa shape index (κ3) is 6.27. The molecule has 1 N–H and O–H groups in total. The highest BCUT2D eigenvalue weighted by Gasteiger charge is 2.05. The van der Waals surface area contributed by atoms with E-state index in [2.05, 4.69) is 6.92 Å². The Morgan fingerprint density at radius 1 is 1.18 bits per heavy atom. The van der Waals surface area contributed by atoms with Gasteiger partial charge in [-0.05, 0) is 30.7 Å². The highest BCUT2D eigenvalue weighted by atomic mass is 19.1. The van der Waals surface area contributed by atoms with E-state index in [9.17, 15) is 9.50 Å². The highest BCUT2D eigenvalue weighted by molar-refractivity contribution is 5.21. The smallest absolute Gasteiger partial charge is 0.123 e. The zero-order chi connectivity index (χ0) is 12.5. The normalized spacial score (nSPS) is 12.4. The Kier molecular flexibility index (Phi) is 6.63. The Morgan fingerprint density at radius 2 is 1.88 bits per heavy atom. The molecule has 1 unspecified atom stereocenters. The maximum absolute atomic E-state index is 12.6. The van der Waals surface area contributed by atoms with Crippen molar-refractivity contribution < 1.29 is 14.2 Å². The molecule has 0 heterocycles. The molecule has 1 atom stereocenters. The predicted molar refractivity (Wildman–Crippen MR) is 66.7 cm³/mol. The van der Waals surface area contributed by atoms with Gasteiger partial charge in [0.15, 0.2) is 0 Å². The fourth-order valence-electron chi connectivity index (χ4n) is 1.61. The summed E-state index contributed by atoms with van der Waals surface area (Å²) in [6.45, 7) is 2.44. The van der Waals surface area contributed by atoms with Gasteiger partial charge in [0.2, 0.25) is 0 Å². The van der Waals surface area contributed by atoms with Crippen molar-refractivity contribution in [3.8, 4) is 5.75 Å². The molecule has 1 aromatic carbocycles. The average Bonchev–Trinajstić information content (AvgIpc) is 2.34. The second-order valence-electron chi connectivity index (χ2n) is 4.27. The second-order valence-corrected chi connectivity index (χ2v) is 4.27. The number of rotatable bonds is 8. The van der Waals surface area contributed by atoms with E-state index >= 15 is 0 Å². The second kappa shape index (κ2) is 8.07. The van der Waals surface area contributed by atoms with E-state index in [-0.39, 0.29) is 12.4 Å². The number of aliphatic hydroxyl groups excluding tert-OH is 1. The minimum Gasteiger partial charge on any atom is -0.491 e. The number of hydrogen-bond donors (Lipinski definition) is 1. The Hall–Kier alpha value is -1.09. The van der Waals surface area contributed by atoms with Gasteiger partial charge in [0, 0.05) is 0 Å². The van der Waals surface area contributed by atoms with E-state index < -0.39 is 6.10 Å². The molecule has 0 saturated heterocycles. The van der Waals surface area contributed by atoms with Gasteiger partial charge < -0.3 is 9.84 Å². The van der Waals surface area contributed by atoms with Gasteiger partial charge in [0.25, 0.3) is 0 Å². The molecule has 0 aliphatic carbocycles. The van der Waals surface area contributed by atoms with E-state index in [0.717, 1.165) is 19.3 Å². The van der Waals surface area contributed by atoms with E-state index in [1.165, 1.54) is 25.0 Å². The molecule has 96 valence electrons. The summed E-state index contributed by atoms with van der Waals surface area (Å²) in [7, 11) is 0. The summed E-state index contributed by atoms with van der Waals surface area (Å²) in [5.74, 6) is 0.316. The number of hydrogen-bond acceptors (Lipinski definition) is 2. The molecule has 0 aliphatic rings. The topological polar surface area (TPSA) is 29.5 Å². The third-order valence-corrected chi connectivity index (χ3v) is 2.65. The molecule has 0 amide bonds. The van der Waals surface area contributed by atoms with Crippen LogP contribution in [0, 0.1) is 5.82 Å². The molecule has 1 aromatic rings. The molecular formula is C14H21FO2. The first kappa shape index (κ1) is 14.0. The molecule has 0 fully saturated rings. The molecule has 0 saturated carbocycles. The van der Waals surface area contributed by atoms with Crippen LogP contribution in [0.25, 0.3) is 0 Å². The van der Waals surface area contributed by atoms with Crippen molar-refractivity contribution in [1.82, 2.24) is 0 Å². The van der Waals surface area contributed by atoms with Crippen molar-refractivity contribution in [1.29, 1.82) is 0 Å². The zero-order valence-electron chi connectivity index (χ0n) is 10.4. The summed E-state index contributed by atoms with van der Waals surface area (Å²) in [6.07, 6.45) is 4.93. The van der Waals surface area contributed by atoms with Crippen molar-refractivity contribution in [2.24, 2.45) is 0 Å². The fraction of sp³-hybridized carbons (Fsp3) is 0.571. The number of unbranched alkanes of at least 4 members (excludes halogenated alkanes) is 3. The van der Waals surface area contributed by atoms with Gasteiger partial charge in [0.05, 0.1) is 6.10 Å². The lowest BCUT2D eigenvalue weighted by molar-refractivity contribution is 0.0975. The summed E-state index contributed by atoms with van der Waals surface area (Å²) in [6, 6.07) is 5.84. The quantitative estimate of drug-likeness (QED) is 0.704. The van der Waals surface area contributed by atoms with Gasteiger partial charge in [-0.3, -0.25) is 0 Å². The van der Waals surface area contributed by atoms with Crippen LogP contribution in [0.1, 0.15) is 39.0 Å². The summed E-state index contributed by atoms with van der Waals surface area (Å²) >= 11 is 0. The molecule has 17 heavy (non-hydrogen) atoms. The lowest BCUT2D eigenvalue weighted by Gasteiger charge is -2.12. The summed E-state index contributed by atoms with van der Waals surface area (Å²) in [5, 5.41) is 9.67. The van der Waals surface area contributed by atoms with Crippen LogP contribution in [0.3, 0.4) is 0 Å². The summed E-state index contributed by atoms with van der Waals surface area (Å²) < 4.78 is 18.0. The van der Waals surface area contributed by atoms with E-state index in [0.29, 0.717) is 5.75 Å². The standard InChI is InChI=1S/C14H21FO2/c1-2-3-4-5-6-13(16)11-17-14-9-7-12(15)8-10-14/h7-10,13,16H,2-6,11H2,1H3. The SMILES string of the molecule is CCCCCCC(O)COc1ccc(F)cc1. The van der Waals surface area contributed by atoms with Crippen molar-refractivity contribution in [3.05, 3.63) is 30.1 Å². The lowest BCUT2D eigenvalue weighted by Crippen LogP contribution is -2.17. The molecular weight excluding hydrogens is 219 g/mol. The number of aliphatic hydroxyl groups is 1. The van der Waals surface area contributed by atoms with Crippen LogP contribution in [0.4, 0.5) is 4.39 Å². The van der Waals surface area contributed by atoms with Crippen molar-refractivity contribution >= 4 is 0 Å². The van der Waals surface area contributed by atoms with Crippen LogP contribution in [-0.2, 0) is 0 Å². The first-order valence-electron chi connectivity index (χ1n) is 6.28. The van der Waals surface area contributed by atoms with Gasteiger partial charge in [-0.2, -0.15) is 0 Å². The first-order valence-corrected chi connectivity index (χ1v) is 6.28. The Morgan fingerprint density at radius 3 is 2.53 bits per heavy atom. The van der Waals surface area contributed by atoms with E-state index in [1.54, 1.807) is 12.1 Å². The number of benzene rings is 1. The van der Waals surface area contributed by atoms with Crippen LogP contribution in [0.2, 0.25) is 0 Å². The molecule has 0 aromatic heterocycles.